The number of pyridine rings is 2. The smallest absolute Gasteiger partial charge is 0.343 e. The highest BCUT2D eigenvalue weighted by Gasteiger charge is 2.46. The molecule has 4 amide bonds. The molecule has 2 aliphatic heterocycles. The second-order valence-electron chi connectivity index (χ2n) is 14.4. The van der Waals surface area contributed by atoms with Crippen LogP contribution in [-0.4, -0.2) is 109 Å². The van der Waals surface area contributed by atoms with E-state index in [1.807, 2.05) is 0 Å². The highest BCUT2D eigenvalue weighted by molar-refractivity contribution is 6.32. The second-order valence-corrected chi connectivity index (χ2v) is 14.8. The molecule has 0 spiro atoms. The summed E-state index contributed by atoms with van der Waals surface area (Å²) in [7, 11) is 0. The van der Waals surface area contributed by atoms with E-state index in [0.717, 1.165) is 0 Å². The Balaban J connectivity index is 1.29. The van der Waals surface area contributed by atoms with Gasteiger partial charge in [0.2, 0.25) is 23.6 Å². The zero-order chi connectivity index (χ0) is 40.1. The van der Waals surface area contributed by atoms with Crippen LogP contribution < -0.4 is 10.9 Å². The number of nitrogens with one attached hydrogen (secondary N) is 1. The predicted molar refractivity (Wildman–Crippen MR) is 197 cm³/mol. The zero-order valence-electron chi connectivity index (χ0n) is 31.3. The predicted octanol–water partition coefficient (Wildman–Crippen LogP) is 1.90. The Morgan fingerprint density at radius 3 is 2.29 bits per heavy atom. The van der Waals surface area contributed by atoms with Gasteiger partial charge in [0, 0.05) is 76.1 Å². The van der Waals surface area contributed by atoms with Crippen LogP contribution in [-0.2, 0) is 53.9 Å². The lowest BCUT2D eigenvalue weighted by Gasteiger charge is -2.31. The van der Waals surface area contributed by atoms with Crippen LogP contribution in [0.2, 0.25) is 5.02 Å². The van der Waals surface area contributed by atoms with Gasteiger partial charge in [0.15, 0.2) is 5.60 Å². The van der Waals surface area contributed by atoms with Crippen molar-refractivity contribution in [2.24, 2.45) is 0 Å². The van der Waals surface area contributed by atoms with Crippen molar-refractivity contribution in [2.75, 3.05) is 39.3 Å². The zero-order valence-corrected chi connectivity index (χ0v) is 32.1. The minimum atomic E-state index is -2.04. The number of nitrogens with zero attached hydrogens (tertiary/aromatic N) is 5. The number of aromatic nitrogens is 2. The molecule has 1 unspecified atom stereocenters. The number of aryl methyl sites for hydroxylation is 1. The van der Waals surface area contributed by atoms with E-state index in [1.165, 1.54) is 46.1 Å². The summed E-state index contributed by atoms with van der Waals surface area (Å²) >= 11 is 6.49. The Kier molecular flexibility index (Phi) is 11.1. The van der Waals surface area contributed by atoms with Crippen molar-refractivity contribution in [1.29, 1.82) is 0 Å². The topological polar surface area (TPSA) is 192 Å². The van der Waals surface area contributed by atoms with E-state index in [1.54, 1.807) is 19.9 Å². The number of carbonyl (C=O) groups excluding carboxylic acids is 5. The van der Waals surface area contributed by atoms with Gasteiger partial charge in [-0.1, -0.05) is 18.5 Å². The molecule has 17 heteroatoms. The number of fused-ring (bicyclic) bond motifs is 5. The van der Waals surface area contributed by atoms with Crippen LogP contribution in [0.5, 0.6) is 0 Å². The van der Waals surface area contributed by atoms with Crippen molar-refractivity contribution < 1.29 is 43.3 Å². The van der Waals surface area contributed by atoms with Gasteiger partial charge in [0.1, 0.15) is 12.4 Å². The standard InChI is InChI=1S/C38H44ClFN6O9/c1-6-38(54)26-13-30-35-24(16-46(30)36(52)25(26)18-55-37(38)53)33-28(8-7-23-32(33)29(42-35)14-27(40)34(23)39)41-31(51)17-45(22(5)50)12-10-43(20(3)48)9-11-44(21(4)49)15-19(2)47/h13-14,19,28,47,54H,6-12,15-18H2,1-5H3,(H,41,51)/t19?,28-,38-/m0/s1. The molecule has 0 radical (unpaired) electrons. The summed E-state index contributed by atoms with van der Waals surface area (Å²) in [6, 6.07) is 2.10. The quantitative estimate of drug-likeness (QED) is 0.179. The van der Waals surface area contributed by atoms with Gasteiger partial charge in [-0.25, -0.2) is 14.2 Å². The maximum Gasteiger partial charge on any atom is 0.343 e. The number of ether oxygens (including phenoxy) is 1. The molecule has 15 nitrogen and oxygen atoms in total. The first-order valence-electron chi connectivity index (χ1n) is 18.2. The van der Waals surface area contributed by atoms with E-state index in [0.29, 0.717) is 46.3 Å². The summed E-state index contributed by atoms with van der Waals surface area (Å²) in [5.74, 6) is -3.00. The molecule has 0 saturated carbocycles. The third kappa shape index (κ3) is 7.30. The summed E-state index contributed by atoms with van der Waals surface area (Å²) in [4.78, 5) is 86.6. The summed E-state index contributed by atoms with van der Waals surface area (Å²) < 4.78 is 21.8. The Hall–Kier alpha value is -4.93. The van der Waals surface area contributed by atoms with Gasteiger partial charge in [-0.15, -0.1) is 0 Å². The number of aliphatic hydroxyl groups excluding tert-OH is 1. The van der Waals surface area contributed by atoms with Crippen molar-refractivity contribution in [1.82, 2.24) is 29.6 Å². The number of carbonyl (C=O) groups is 5. The first-order chi connectivity index (χ1) is 26.0. The fourth-order valence-corrected chi connectivity index (χ4v) is 8.11. The van der Waals surface area contributed by atoms with E-state index in [9.17, 15) is 39.0 Å². The molecule has 3 aliphatic rings. The maximum atomic E-state index is 15.2. The highest BCUT2D eigenvalue weighted by Crippen LogP contribution is 2.46. The van der Waals surface area contributed by atoms with Gasteiger partial charge in [-0.3, -0.25) is 24.0 Å². The number of halogens is 2. The van der Waals surface area contributed by atoms with Crippen molar-refractivity contribution in [3.05, 3.63) is 61.1 Å². The van der Waals surface area contributed by atoms with Crippen molar-refractivity contribution >= 4 is 52.1 Å². The lowest BCUT2D eigenvalue weighted by Crippen LogP contribution is -2.47. The molecule has 0 saturated heterocycles. The van der Waals surface area contributed by atoms with Crippen LogP contribution in [0, 0.1) is 5.82 Å². The minimum absolute atomic E-state index is 0.0231. The molecule has 1 aliphatic carbocycles. The lowest BCUT2D eigenvalue weighted by atomic mass is 9.83. The van der Waals surface area contributed by atoms with Crippen LogP contribution >= 0.6 is 11.6 Å². The molecule has 4 heterocycles. The SMILES string of the molecule is CC[C@@]1(O)C(=O)OCc2c1cc1n(c2=O)Cc2c-1nc1cc(F)c(Cl)c3c1c2[C@@H](NC(=O)CN(CCN(CCN(CC(C)O)C(C)=O)C(C)=O)C(C)=O)CC3. The molecule has 55 heavy (non-hydrogen) atoms. The molecule has 6 rings (SSSR count). The average Bonchev–Trinajstić information content (AvgIpc) is 3.49. The Morgan fingerprint density at radius 1 is 1.04 bits per heavy atom. The fraction of sp³-hybridized carbons (Fsp3) is 0.500. The van der Waals surface area contributed by atoms with Crippen LogP contribution in [0.15, 0.2) is 16.9 Å². The molecular weight excluding hydrogens is 739 g/mol. The van der Waals surface area contributed by atoms with Gasteiger partial charge in [-0.2, -0.15) is 0 Å². The third-order valence-electron chi connectivity index (χ3n) is 10.8. The van der Waals surface area contributed by atoms with Gasteiger partial charge >= 0.3 is 5.97 Å². The Bertz CT molecular complexity index is 2190. The number of hydrogen-bond donors (Lipinski definition) is 3. The fourth-order valence-electron chi connectivity index (χ4n) is 7.87. The van der Waals surface area contributed by atoms with E-state index >= 15 is 4.39 Å². The number of rotatable bonds is 12. The number of aliphatic hydroxyl groups is 2. The van der Waals surface area contributed by atoms with Crippen LogP contribution in [0.25, 0.3) is 22.3 Å². The van der Waals surface area contributed by atoms with Gasteiger partial charge < -0.3 is 39.5 Å². The summed E-state index contributed by atoms with van der Waals surface area (Å²) in [5.41, 5.74) is 0.350. The van der Waals surface area contributed by atoms with Gasteiger partial charge in [0.25, 0.3) is 5.56 Å². The van der Waals surface area contributed by atoms with Crippen molar-refractivity contribution in [3.63, 3.8) is 0 Å². The number of benzene rings is 1. The van der Waals surface area contributed by atoms with Crippen molar-refractivity contribution in [2.45, 2.75) is 84.8 Å². The monoisotopic (exact) mass is 782 g/mol. The van der Waals surface area contributed by atoms with Gasteiger partial charge in [0.05, 0.1) is 52.7 Å². The number of amides is 4. The van der Waals surface area contributed by atoms with E-state index in [-0.39, 0.29) is 92.3 Å². The van der Waals surface area contributed by atoms with E-state index < -0.39 is 46.9 Å². The molecule has 2 aromatic heterocycles. The lowest BCUT2D eigenvalue weighted by molar-refractivity contribution is -0.172. The van der Waals surface area contributed by atoms with E-state index in [2.05, 4.69) is 5.32 Å². The number of hydrogen-bond acceptors (Lipinski definition) is 10. The summed E-state index contributed by atoms with van der Waals surface area (Å²) in [6.45, 7) is 7.12. The van der Waals surface area contributed by atoms with Gasteiger partial charge in [-0.05, 0) is 43.4 Å². The molecule has 0 bridgehead atoms. The first kappa shape index (κ1) is 39.8. The molecule has 3 N–H and O–H groups in total. The molecular formula is C38H44ClFN6O9. The van der Waals surface area contributed by atoms with Crippen molar-refractivity contribution in [3.8, 4) is 11.4 Å². The summed E-state index contributed by atoms with van der Waals surface area (Å²) in [6.07, 6.45) is -0.191. The molecule has 3 atom stereocenters. The average molecular weight is 783 g/mol. The first-order valence-corrected chi connectivity index (χ1v) is 18.6. The normalized spacial score (nSPS) is 18.5. The van der Waals surface area contributed by atoms with E-state index in [4.69, 9.17) is 21.3 Å². The Morgan fingerprint density at radius 2 is 1.67 bits per heavy atom. The number of cyclic esters (lactones) is 1. The Labute approximate surface area is 321 Å². The highest BCUT2D eigenvalue weighted by atomic mass is 35.5. The maximum absolute atomic E-state index is 15.2. The minimum Gasteiger partial charge on any atom is -0.458 e. The summed E-state index contributed by atoms with van der Waals surface area (Å²) in [5, 5.41) is 24.6. The van der Waals surface area contributed by atoms with Crippen LogP contribution in [0.3, 0.4) is 0 Å². The molecule has 3 aromatic rings. The largest absolute Gasteiger partial charge is 0.458 e. The number of esters is 1. The third-order valence-corrected chi connectivity index (χ3v) is 11.2. The van der Waals surface area contributed by atoms with Crippen LogP contribution in [0.4, 0.5) is 4.39 Å². The second kappa shape index (κ2) is 15.3. The van der Waals surface area contributed by atoms with Crippen LogP contribution in [0.1, 0.15) is 81.3 Å². The molecule has 1 aromatic carbocycles. The molecule has 0 fully saturated rings. The molecule has 294 valence electrons.